The number of phosphoric ester groups is 1. The van der Waals surface area contributed by atoms with E-state index in [-0.39, 0.29) is 32.0 Å². The van der Waals surface area contributed by atoms with E-state index in [1.807, 2.05) is 21.1 Å². The number of hydrogen-bond acceptors (Lipinski definition) is 7. The maximum absolute atomic E-state index is 12.9. The Morgan fingerprint density at radius 1 is 0.298 bits per heavy atom. The van der Waals surface area contributed by atoms with Gasteiger partial charge in [0.15, 0.2) is 6.10 Å². The third-order valence-corrected chi connectivity index (χ3v) is 17.4. The number of hydrogen-bond donors (Lipinski definition) is 1. The molecule has 0 aromatic rings. The third kappa shape index (κ3) is 84.7. The maximum atomic E-state index is 12.9. The van der Waals surface area contributed by atoms with Crippen LogP contribution in [-0.2, 0) is 32.7 Å². The van der Waals surface area contributed by atoms with Crippen LogP contribution in [0, 0.1) is 0 Å². The van der Waals surface area contributed by atoms with E-state index in [4.69, 9.17) is 18.5 Å². The highest BCUT2D eigenvalue weighted by Crippen LogP contribution is 2.43. The average molecular weight is 1450 g/mol. The Morgan fingerprint density at radius 3 is 0.788 bits per heavy atom. The van der Waals surface area contributed by atoms with Gasteiger partial charge in [0, 0.05) is 12.8 Å². The fourth-order valence-electron chi connectivity index (χ4n) is 10.2. The number of likely N-dealkylation sites (N-methyl/N-ethyl adjacent to an activating group) is 1. The van der Waals surface area contributed by atoms with Crippen LogP contribution in [0.5, 0.6) is 0 Å². The van der Waals surface area contributed by atoms with Crippen molar-refractivity contribution < 1.29 is 42.1 Å². The molecular formula is C94H149NO8P+. The lowest BCUT2D eigenvalue weighted by atomic mass is 10.0. The third-order valence-electron chi connectivity index (χ3n) is 16.4. The minimum absolute atomic E-state index is 0.0115. The molecule has 0 bridgehead atoms. The van der Waals surface area contributed by atoms with E-state index in [1.54, 1.807) is 0 Å². The van der Waals surface area contributed by atoms with Crippen molar-refractivity contribution in [3.05, 3.63) is 243 Å². The quantitative estimate of drug-likeness (QED) is 0.0211. The van der Waals surface area contributed by atoms with Crippen LogP contribution in [0.2, 0.25) is 0 Å². The van der Waals surface area contributed by atoms with Gasteiger partial charge in [-0.15, -0.1) is 0 Å². The van der Waals surface area contributed by atoms with Crippen molar-refractivity contribution >= 4 is 19.8 Å². The first kappa shape index (κ1) is 97.8. The number of rotatable bonds is 72. The zero-order valence-corrected chi connectivity index (χ0v) is 67.3. The Morgan fingerprint density at radius 2 is 0.519 bits per heavy atom. The second kappa shape index (κ2) is 80.9. The van der Waals surface area contributed by atoms with Gasteiger partial charge in [-0.3, -0.25) is 18.6 Å². The van der Waals surface area contributed by atoms with Crippen molar-refractivity contribution in [3.8, 4) is 0 Å². The van der Waals surface area contributed by atoms with E-state index in [9.17, 15) is 19.0 Å². The predicted molar refractivity (Wildman–Crippen MR) is 454 cm³/mol. The molecule has 2 atom stereocenters. The zero-order chi connectivity index (χ0) is 75.4. The number of carbonyl (C=O) groups is 2. The number of carbonyl (C=O) groups excluding carboxylic acids is 2. The normalized spacial score (nSPS) is 14.3. The molecule has 9 nitrogen and oxygen atoms in total. The maximum Gasteiger partial charge on any atom is 0.472 e. The number of quaternary nitrogens is 1. The highest BCUT2D eigenvalue weighted by Gasteiger charge is 2.27. The van der Waals surface area contributed by atoms with Gasteiger partial charge in [0.25, 0.3) is 0 Å². The van der Waals surface area contributed by atoms with E-state index in [0.717, 1.165) is 161 Å². The van der Waals surface area contributed by atoms with Crippen molar-refractivity contribution in [3.63, 3.8) is 0 Å². The number of ether oxygens (including phenoxy) is 2. The number of esters is 2. The summed E-state index contributed by atoms with van der Waals surface area (Å²) < 4.78 is 34.7. The molecule has 0 aromatic heterocycles. The van der Waals surface area contributed by atoms with Crippen LogP contribution >= 0.6 is 7.82 Å². The van der Waals surface area contributed by atoms with Gasteiger partial charge in [0.05, 0.1) is 27.7 Å². The van der Waals surface area contributed by atoms with E-state index >= 15 is 0 Å². The van der Waals surface area contributed by atoms with Crippen molar-refractivity contribution in [2.45, 2.75) is 290 Å². The fourth-order valence-corrected chi connectivity index (χ4v) is 11.0. The molecule has 104 heavy (non-hydrogen) atoms. The summed E-state index contributed by atoms with van der Waals surface area (Å²) in [4.78, 5) is 36.0. The monoisotopic (exact) mass is 1450 g/mol. The molecule has 0 heterocycles. The molecule has 0 aromatic carbocycles. The molecule has 0 radical (unpaired) electrons. The molecule has 0 aliphatic heterocycles. The molecular weight excluding hydrogens is 1300 g/mol. The second-order valence-corrected chi connectivity index (χ2v) is 28.8. The van der Waals surface area contributed by atoms with E-state index in [0.29, 0.717) is 17.4 Å². The molecule has 582 valence electrons. The molecule has 10 heteroatoms. The first-order valence-electron chi connectivity index (χ1n) is 40.8. The molecule has 1 N–H and O–H groups in total. The molecule has 0 aliphatic carbocycles. The van der Waals surface area contributed by atoms with E-state index in [1.165, 1.54) is 89.9 Å². The molecule has 0 saturated carbocycles. The number of unbranched alkanes of at least 4 members (excludes halogenated alkanes) is 18. The van der Waals surface area contributed by atoms with Crippen LogP contribution in [0.3, 0.4) is 0 Å². The van der Waals surface area contributed by atoms with Crippen LogP contribution in [0.1, 0.15) is 284 Å². The molecule has 0 rings (SSSR count). The minimum Gasteiger partial charge on any atom is -0.462 e. The SMILES string of the molecule is CC/C=C\C/C=C\C/C=C\C/C=C\C/C=C\C/C=C\C/C=C\C/C=C\C/C=C\C/C=C\C/C=C\C/C=C\CCCCC(=O)OC(COC(=O)CCCCCCCCCCCCCCCCCC/C=C\C/C=C\C/C=C\C/C=C\C/C=C\C/C=C\C/C=C\C/C=C\CC)COP(=O)(O)OCC[N+](C)(C)C. The smallest absolute Gasteiger partial charge is 0.462 e. The molecule has 0 fully saturated rings. The Bertz CT molecular complexity index is 2670. The van der Waals surface area contributed by atoms with Crippen molar-refractivity contribution in [2.24, 2.45) is 0 Å². The average Bonchev–Trinajstić information content (AvgIpc) is 0.915. The second-order valence-electron chi connectivity index (χ2n) is 27.3. The Kier molecular flexibility index (Phi) is 76.1. The van der Waals surface area contributed by atoms with Gasteiger partial charge in [-0.25, -0.2) is 4.57 Å². The largest absolute Gasteiger partial charge is 0.472 e. The molecule has 0 spiro atoms. The summed E-state index contributed by atoms with van der Waals surface area (Å²) in [6.07, 6.45) is 132. The van der Waals surface area contributed by atoms with Crippen LogP contribution in [0.15, 0.2) is 243 Å². The van der Waals surface area contributed by atoms with Gasteiger partial charge in [0.2, 0.25) is 0 Å². The molecule has 0 saturated heterocycles. The van der Waals surface area contributed by atoms with Crippen molar-refractivity contribution in [1.82, 2.24) is 0 Å². The minimum atomic E-state index is -4.43. The molecule has 2 unspecified atom stereocenters. The summed E-state index contributed by atoms with van der Waals surface area (Å²) >= 11 is 0. The van der Waals surface area contributed by atoms with Gasteiger partial charge in [-0.05, 0) is 167 Å². The Labute approximate surface area is 638 Å². The first-order chi connectivity index (χ1) is 51.0. The Hall–Kier alpha value is -6.19. The van der Waals surface area contributed by atoms with Crippen molar-refractivity contribution in [2.75, 3.05) is 47.5 Å². The highest BCUT2D eigenvalue weighted by molar-refractivity contribution is 7.47. The van der Waals surface area contributed by atoms with Crippen LogP contribution in [0.25, 0.3) is 0 Å². The summed E-state index contributed by atoms with van der Waals surface area (Å²) in [7, 11) is 1.42. The lowest BCUT2D eigenvalue weighted by Gasteiger charge is -2.24. The van der Waals surface area contributed by atoms with Gasteiger partial charge < -0.3 is 18.9 Å². The standard InChI is InChI=1S/C94H148NO8P/c1-6-8-10-12-14-16-18-20-22-24-26-28-30-32-34-36-38-40-42-44-46-47-49-50-52-54-56-58-60-62-64-66-68-70-72-74-76-78-80-82-84-86-93(96)100-90-92(91-102-104(98,99)101-89-88-95(3,4)5)103-94(97)87-85-83-81-79-77-75-73-71-69-67-65-63-61-59-57-55-53-51-48-45-43-41-39-37-35-33-31-29-27-25-23-21-19-17-15-13-11-9-7-2/h8-11,14-17,20-23,26-29,32-35,38-41,44-46,48-50,53,55,59,61,65,67,71,73,77,79,92H,6-7,12-13,18-19,24-25,30-31,36-37,42-43,47,51-52,54,56-58,60,62-64,66,68-70,72,74-76,78,80-91H2,1-5H3/p+1/b10-8-,11-9-,16-14-,17-15-,22-20-,23-21-,28-26-,29-27-,34-32-,35-33-,40-38-,41-39-,46-44-,48-45-,50-49-,55-53-,61-59-,67-65-,73-71-,79-77-. The van der Waals surface area contributed by atoms with Crippen LogP contribution in [0.4, 0.5) is 0 Å². The number of phosphoric acid groups is 1. The number of nitrogens with zero attached hydrogens (tertiary/aromatic N) is 1. The summed E-state index contributed by atoms with van der Waals surface area (Å²) in [5.41, 5.74) is 0. The van der Waals surface area contributed by atoms with Crippen molar-refractivity contribution in [1.29, 1.82) is 0 Å². The van der Waals surface area contributed by atoms with Gasteiger partial charge >= 0.3 is 19.8 Å². The summed E-state index contributed by atoms with van der Waals surface area (Å²) in [6, 6.07) is 0. The summed E-state index contributed by atoms with van der Waals surface area (Å²) in [5, 5.41) is 0. The highest BCUT2D eigenvalue weighted by atomic mass is 31.2. The molecule has 0 amide bonds. The van der Waals surface area contributed by atoms with E-state index in [2.05, 4.69) is 257 Å². The van der Waals surface area contributed by atoms with Crippen LogP contribution in [-0.4, -0.2) is 74.9 Å². The van der Waals surface area contributed by atoms with Gasteiger partial charge in [-0.1, -0.05) is 347 Å². The summed E-state index contributed by atoms with van der Waals surface area (Å²) in [5.74, 6) is -0.861. The van der Waals surface area contributed by atoms with Gasteiger partial charge in [0.1, 0.15) is 19.8 Å². The molecule has 0 aliphatic rings. The summed E-state index contributed by atoms with van der Waals surface area (Å²) in [6.45, 7) is 4.14. The first-order valence-corrected chi connectivity index (χ1v) is 42.3. The predicted octanol–water partition coefficient (Wildman–Crippen LogP) is 27.8. The van der Waals surface area contributed by atoms with E-state index < -0.39 is 26.5 Å². The fraction of sp³-hybridized carbons (Fsp3) is 0.553. The Balaban J connectivity index is 4.13. The topological polar surface area (TPSA) is 108 Å². The lowest BCUT2D eigenvalue weighted by Crippen LogP contribution is -2.37. The van der Waals surface area contributed by atoms with Crippen LogP contribution < -0.4 is 0 Å². The lowest BCUT2D eigenvalue weighted by molar-refractivity contribution is -0.870. The zero-order valence-electron chi connectivity index (χ0n) is 66.4. The number of allylic oxidation sites excluding steroid dienone is 40. The van der Waals surface area contributed by atoms with Gasteiger partial charge in [-0.2, -0.15) is 0 Å².